The summed E-state index contributed by atoms with van der Waals surface area (Å²) in [7, 11) is 2.00. The lowest BCUT2D eigenvalue weighted by Crippen LogP contribution is -2.31. The molecule has 1 heterocycles. The molecular formula is C19H25N3O. The van der Waals surface area contributed by atoms with E-state index in [4.69, 9.17) is 4.98 Å². The van der Waals surface area contributed by atoms with Crippen molar-refractivity contribution >= 4 is 22.5 Å². The highest BCUT2D eigenvalue weighted by Gasteiger charge is 2.20. The van der Waals surface area contributed by atoms with E-state index in [0.29, 0.717) is 6.54 Å². The van der Waals surface area contributed by atoms with E-state index in [1.807, 2.05) is 25.2 Å². The van der Waals surface area contributed by atoms with Gasteiger partial charge in [0.05, 0.1) is 17.7 Å². The van der Waals surface area contributed by atoms with Gasteiger partial charge in [-0.15, -0.1) is 0 Å². The second-order valence-corrected chi connectivity index (χ2v) is 6.42. The Morgan fingerprint density at radius 1 is 1.30 bits per heavy atom. The van der Waals surface area contributed by atoms with Crippen LogP contribution in [0.25, 0.3) is 10.9 Å². The molecule has 1 aromatic carbocycles. The Morgan fingerprint density at radius 2 is 2.13 bits per heavy atom. The Morgan fingerprint density at radius 3 is 2.96 bits per heavy atom. The van der Waals surface area contributed by atoms with Crippen molar-refractivity contribution in [2.75, 3.05) is 25.5 Å². The van der Waals surface area contributed by atoms with Crippen molar-refractivity contribution in [3.63, 3.8) is 0 Å². The number of carbonyl (C=O) groups is 1. The summed E-state index contributed by atoms with van der Waals surface area (Å²) in [5.74, 6) is 0.0639. The molecule has 0 aliphatic heterocycles. The highest BCUT2D eigenvalue weighted by molar-refractivity contribution is 6.03. The van der Waals surface area contributed by atoms with Crippen molar-refractivity contribution in [1.82, 2.24) is 9.88 Å². The summed E-state index contributed by atoms with van der Waals surface area (Å²) >= 11 is 0. The zero-order valence-corrected chi connectivity index (χ0v) is 14.1. The standard InChI is InChI=1S/C19H25N3O/c1-3-4-12-22(2)13-18(23)21-19-14-8-5-6-10-16(14)20-17-11-7-9-15(17)19/h5-6,8,10H,3-4,7,9,11-13H2,1-2H3,(H,20,21,23). The molecule has 0 radical (unpaired) electrons. The predicted molar refractivity (Wildman–Crippen MR) is 94.8 cm³/mol. The van der Waals surface area contributed by atoms with E-state index in [-0.39, 0.29) is 5.91 Å². The van der Waals surface area contributed by atoms with Gasteiger partial charge in [0, 0.05) is 11.1 Å². The number of aromatic nitrogens is 1. The van der Waals surface area contributed by atoms with Gasteiger partial charge < -0.3 is 5.32 Å². The minimum absolute atomic E-state index is 0.0639. The quantitative estimate of drug-likeness (QED) is 0.889. The van der Waals surface area contributed by atoms with Crippen LogP contribution in [0, 0.1) is 0 Å². The number of likely N-dealkylation sites (N-methyl/N-ethyl adjacent to an activating group) is 1. The molecule has 1 aromatic heterocycles. The molecule has 0 unspecified atom stereocenters. The first-order valence-electron chi connectivity index (χ1n) is 8.58. The van der Waals surface area contributed by atoms with Crippen LogP contribution in [-0.2, 0) is 17.6 Å². The Labute approximate surface area is 137 Å². The van der Waals surface area contributed by atoms with Gasteiger partial charge in [0.15, 0.2) is 0 Å². The van der Waals surface area contributed by atoms with Gasteiger partial charge in [-0.2, -0.15) is 0 Å². The normalized spacial score (nSPS) is 13.5. The van der Waals surface area contributed by atoms with Gasteiger partial charge in [0.1, 0.15) is 0 Å². The molecule has 2 aromatic rings. The molecule has 122 valence electrons. The third kappa shape index (κ3) is 3.53. The summed E-state index contributed by atoms with van der Waals surface area (Å²) < 4.78 is 0. The van der Waals surface area contributed by atoms with Gasteiger partial charge >= 0.3 is 0 Å². The van der Waals surface area contributed by atoms with E-state index < -0.39 is 0 Å². The van der Waals surface area contributed by atoms with Crippen LogP contribution in [-0.4, -0.2) is 35.9 Å². The lowest BCUT2D eigenvalue weighted by atomic mass is 10.1. The maximum absolute atomic E-state index is 12.5. The molecule has 23 heavy (non-hydrogen) atoms. The fourth-order valence-electron chi connectivity index (χ4n) is 3.28. The molecule has 0 saturated heterocycles. The lowest BCUT2D eigenvalue weighted by Gasteiger charge is -2.18. The van der Waals surface area contributed by atoms with Crippen molar-refractivity contribution < 1.29 is 4.79 Å². The molecule has 1 aliphatic rings. The first-order valence-corrected chi connectivity index (χ1v) is 8.58. The topological polar surface area (TPSA) is 45.2 Å². The molecule has 0 atom stereocenters. The molecule has 4 nitrogen and oxygen atoms in total. The number of anilines is 1. The summed E-state index contributed by atoms with van der Waals surface area (Å²) in [6.07, 6.45) is 5.41. The van der Waals surface area contributed by atoms with Crippen molar-refractivity contribution in [2.24, 2.45) is 0 Å². The Kier molecular flexibility index (Phi) is 4.91. The maximum atomic E-state index is 12.5. The highest BCUT2D eigenvalue weighted by Crippen LogP contribution is 2.33. The Balaban J connectivity index is 1.83. The van der Waals surface area contributed by atoms with Crippen LogP contribution in [0.3, 0.4) is 0 Å². The predicted octanol–water partition coefficient (Wildman–Crippen LogP) is 3.39. The fourth-order valence-corrected chi connectivity index (χ4v) is 3.28. The lowest BCUT2D eigenvalue weighted by molar-refractivity contribution is -0.117. The first-order chi connectivity index (χ1) is 11.2. The summed E-state index contributed by atoms with van der Waals surface area (Å²) in [6.45, 7) is 3.56. The largest absolute Gasteiger partial charge is 0.324 e. The number of aryl methyl sites for hydroxylation is 1. The average molecular weight is 311 g/mol. The molecule has 1 aliphatic carbocycles. The molecule has 0 spiro atoms. The summed E-state index contributed by atoms with van der Waals surface area (Å²) in [5.41, 5.74) is 4.34. The molecule has 0 saturated carbocycles. The van der Waals surface area contributed by atoms with Crippen molar-refractivity contribution in [1.29, 1.82) is 0 Å². The number of benzene rings is 1. The zero-order chi connectivity index (χ0) is 16.2. The SMILES string of the molecule is CCCCN(C)CC(=O)Nc1c2c(nc3ccccc13)CCC2. The maximum Gasteiger partial charge on any atom is 0.238 e. The minimum Gasteiger partial charge on any atom is -0.324 e. The summed E-state index contributed by atoms with van der Waals surface area (Å²) in [4.78, 5) is 19.3. The van der Waals surface area contributed by atoms with E-state index in [9.17, 15) is 4.79 Å². The van der Waals surface area contributed by atoms with Gasteiger partial charge in [-0.3, -0.25) is 14.7 Å². The van der Waals surface area contributed by atoms with Crippen LogP contribution >= 0.6 is 0 Å². The highest BCUT2D eigenvalue weighted by atomic mass is 16.2. The van der Waals surface area contributed by atoms with Gasteiger partial charge in [-0.05, 0) is 50.9 Å². The van der Waals surface area contributed by atoms with E-state index in [0.717, 1.165) is 60.9 Å². The fraction of sp³-hybridized carbons (Fsp3) is 0.474. The number of carbonyl (C=O) groups excluding carboxylic acids is 1. The number of rotatable bonds is 6. The average Bonchev–Trinajstić information content (AvgIpc) is 3.01. The van der Waals surface area contributed by atoms with Crippen molar-refractivity contribution in [3.05, 3.63) is 35.5 Å². The smallest absolute Gasteiger partial charge is 0.238 e. The number of hydrogen-bond acceptors (Lipinski definition) is 3. The van der Waals surface area contributed by atoms with Crippen LogP contribution in [0.4, 0.5) is 5.69 Å². The zero-order valence-electron chi connectivity index (χ0n) is 14.1. The van der Waals surface area contributed by atoms with Crippen LogP contribution in [0.5, 0.6) is 0 Å². The van der Waals surface area contributed by atoms with Crippen LogP contribution in [0.15, 0.2) is 24.3 Å². The monoisotopic (exact) mass is 311 g/mol. The van der Waals surface area contributed by atoms with Crippen molar-refractivity contribution in [2.45, 2.75) is 39.0 Å². The summed E-state index contributed by atoms with van der Waals surface area (Å²) in [5, 5.41) is 4.23. The molecule has 3 rings (SSSR count). The number of fused-ring (bicyclic) bond motifs is 2. The second kappa shape index (κ2) is 7.09. The molecule has 1 N–H and O–H groups in total. The number of para-hydroxylation sites is 1. The second-order valence-electron chi connectivity index (χ2n) is 6.42. The van der Waals surface area contributed by atoms with E-state index in [1.54, 1.807) is 0 Å². The minimum atomic E-state index is 0.0639. The number of unbranched alkanes of at least 4 members (excludes halogenated alkanes) is 1. The van der Waals surface area contributed by atoms with Crippen LogP contribution in [0.2, 0.25) is 0 Å². The first kappa shape index (κ1) is 15.9. The van der Waals surface area contributed by atoms with Gasteiger partial charge in [-0.25, -0.2) is 0 Å². The van der Waals surface area contributed by atoms with E-state index >= 15 is 0 Å². The number of pyridine rings is 1. The molecular weight excluding hydrogens is 286 g/mol. The van der Waals surface area contributed by atoms with Gasteiger partial charge in [0.2, 0.25) is 5.91 Å². The van der Waals surface area contributed by atoms with Crippen molar-refractivity contribution in [3.8, 4) is 0 Å². The third-order valence-electron chi connectivity index (χ3n) is 4.49. The Bertz CT molecular complexity index is 711. The number of amides is 1. The number of nitrogens with zero attached hydrogens (tertiary/aromatic N) is 2. The summed E-state index contributed by atoms with van der Waals surface area (Å²) in [6, 6.07) is 8.09. The van der Waals surface area contributed by atoms with E-state index in [2.05, 4.69) is 23.2 Å². The van der Waals surface area contributed by atoms with Crippen LogP contribution < -0.4 is 5.32 Å². The van der Waals surface area contributed by atoms with Gasteiger partial charge in [-0.1, -0.05) is 31.5 Å². The number of nitrogens with one attached hydrogen (secondary N) is 1. The van der Waals surface area contributed by atoms with E-state index in [1.165, 1.54) is 5.56 Å². The molecule has 1 amide bonds. The number of hydrogen-bond donors (Lipinski definition) is 1. The third-order valence-corrected chi connectivity index (χ3v) is 4.49. The molecule has 0 bridgehead atoms. The molecule has 0 fully saturated rings. The Hall–Kier alpha value is -1.94. The van der Waals surface area contributed by atoms with Gasteiger partial charge in [0.25, 0.3) is 0 Å². The molecule has 4 heteroatoms. The van der Waals surface area contributed by atoms with Crippen LogP contribution in [0.1, 0.15) is 37.4 Å².